The molecular formula is C22H23N3O3. The molecular weight excluding hydrogens is 354 g/mol. The van der Waals surface area contributed by atoms with Crippen LogP contribution >= 0.6 is 0 Å². The molecule has 0 atom stereocenters. The Labute approximate surface area is 164 Å². The molecule has 0 aliphatic carbocycles. The van der Waals surface area contributed by atoms with Crippen molar-refractivity contribution >= 4 is 5.91 Å². The number of rotatable bonds is 4. The van der Waals surface area contributed by atoms with Gasteiger partial charge >= 0.3 is 0 Å². The van der Waals surface area contributed by atoms with E-state index in [1.165, 1.54) is 5.56 Å². The number of aromatic nitrogens is 2. The number of fused-ring (bicyclic) bond motifs is 1. The van der Waals surface area contributed by atoms with Crippen LogP contribution in [0.25, 0.3) is 5.69 Å². The van der Waals surface area contributed by atoms with Gasteiger partial charge in [-0.25, -0.2) is 4.68 Å². The summed E-state index contributed by atoms with van der Waals surface area (Å²) in [5.41, 5.74) is 4.63. The van der Waals surface area contributed by atoms with E-state index >= 15 is 0 Å². The van der Waals surface area contributed by atoms with Crippen LogP contribution in [-0.2, 0) is 13.0 Å². The molecule has 1 aliphatic heterocycles. The predicted octanol–water partition coefficient (Wildman–Crippen LogP) is 3.40. The lowest BCUT2D eigenvalue weighted by Crippen LogP contribution is -2.37. The number of carbonyl (C=O) groups is 1. The highest BCUT2D eigenvalue weighted by Gasteiger charge is 2.27. The van der Waals surface area contributed by atoms with Gasteiger partial charge in [0.1, 0.15) is 5.69 Å². The molecule has 0 unspecified atom stereocenters. The molecule has 0 bridgehead atoms. The fourth-order valence-electron chi connectivity index (χ4n) is 3.66. The first kappa shape index (κ1) is 18.1. The number of para-hydroxylation sites is 1. The summed E-state index contributed by atoms with van der Waals surface area (Å²) in [5, 5.41) is 4.43. The molecule has 2 heterocycles. The van der Waals surface area contributed by atoms with Crippen LogP contribution < -0.4 is 9.47 Å². The van der Waals surface area contributed by atoms with Crippen molar-refractivity contribution in [2.45, 2.75) is 19.9 Å². The summed E-state index contributed by atoms with van der Waals surface area (Å²) >= 11 is 0. The zero-order chi connectivity index (χ0) is 19.7. The smallest absolute Gasteiger partial charge is 0.273 e. The molecule has 0 radical (unpaired) electrons. The van der Waals surface area contributed by atoms with Gasteiger partial charge in [-0.1, -0.05) is 18.2 Å². The lowest BCUT2D eigenvalue weighted by atomic mass is 9.98. The van der Waals surface area contributed by atoms with Gasteiger partial charge in [0.2, 0.25) is 0 Å². The molecule has 1 aromatic heterocycles. The van der Waals surface area contributed by atoms with Gasteiger partial charge in [0.25, 0.3) is 5.91 Å². The molecule has 1 aliphatic rings. The number of carbonyl (C=O) groups excluding carboxylic acids is 1. The highest BCUT2D eigenvalue weighted by molar-refractivity contribution is 5.94. The Morgan fingerprint density at radius 2 is 1.71 bits per heavy atom. The first-order valence-electron chi connectivity index (χ1n) is 9.25. The van der Waals surface area contributed by atoms with Gasteiger partial charge in [0.15, 0.2) is 11.5 Å². The van der Waals surface area contributed by atoms with Gasteiger partial charge in [-0.05, 0) is 48.7 Å². The zero-order valence-electron chi connectivity index (χ0n) is 16.3. The number of hydrogen-bond donors (Lipinski definition) is 0. The molecule has 4 rings (SSSR count). The number of ether oxygens (including phenoxy) is 2. The standard InChI is InChI=1S/C22H23N3O3/c1-15-13-23-25(18-7-5-4-6-8-18)21(15)22(26)24-10-9-16-11-19(27-2)20(28-3)12-17(16)14-24/h4-8,11-13H,9-10,14H2,1-3H3. The molecule has 144 valence electrons. The Morgan fingerprint density at radius 3 is 2.39 bits per heavy atom. The highest BCUT2D eigenvalue weighted by atomic mass is 16.5. The van der Waals surface area contributed by atoms with Crippen molar-refractivity contribution in [3.8, 4) is 17.2 Å². The number of benzene rings is 2. The van der Waals surface area contributed by atoms with Gasteiger partial charge in [-0.15, -0.1) is 0 Å². The van der Waals surface area contributed by atoms with Crippen LogP contribution in [-0.4, -0.2) is 41.4 Å². The van der Waals surface area contributed by atoms with Gasteiger partial charge in [0, 0.05) is 18.7 Å². The van der Waals surface area contributed by atoms with Crippen LogP contribution in [0, 0.1) is 6.92 Å². The number of methoxy groups -OCH3 is 2. The molecule has 0 saturated carbocycles. The maximum absolute atomic E-state index is 13.4. The van der Waals surface area contributed by atoms with E-state index < -0.39 is 0 Å². The number of nitrogens with zero attached hydrogens (tertiary/aromatic N) is 3. The first-order chi connectivity index (χ1) is 13.6. The average Bonchev–Trinajstić information content (AvgIpc) is 3.13. The van der Waals surface area contributed by atoms with Crippen LogP contribution in [0.4, 0.5) is 0 Å². The average molecular weight is 377 g/mol. The van der Waals surface area contributed by atoms with E-state index in [-0.39, 0.29) is 5.91 Å². The van der Waals surface area contributed by atoms with E-state index in [0.717, 1.165) is 29.0 Å². The van der Waals surface area contributed by atoms with Crippen molar-refractivity contribution in [2.24, 2.45) is 0 Å². The normalized spacial score (nSPS) is 13.2. The molecule has 0 fully saturated rings. The Bertz CT molecular complexity index is 1010. The van der Waals surface area contributed by atoms with E-state index in [9.17, 15) is 4.79 Å². The lowest BCUT2D eigenvalue weighted by molar-refractivity contribution is 0.0724. The van der Waals surface area contributed by atoms with Crippen molar-refractivity contribution < 1.29 is 14.3 Å². The Balaban J connectivity index is 1.66. The molecule has 6 heteroatoms. The minimum Gasteiger partial charge on any atom is -0.493 e. The van der Waals surface area contributed by atoms with E-state index in [2.05, 4.69) is 5.10 Å². The number of hydrogen-bond acceptors (Lipinski definition) is 4. The van der Waals surface area contributed by atoms with Crippen molar-refractivity contribution in [1.29, 1.82) is 0 Å². The Hall–Kier alpha value is -3.28. The van der Waals surface area contributed by atoms with Crippen LogP contribution in [0.5, 0.6) is 11.5 Å². The topological polar surface area (TPSA) is 56.6 Å². The minimum absolute atomic E-state index is 0.0145. The van der Waals surface area contributed by atoms with Crippen molar-refractivity contribution in [1.82, 2.24) is 14.7 Å². The van der Waals surface area contributed by atoms with Gasteiger partial charge in [-0.2, -0.15) is 5.10 Å². The SMILES string of the molecule is COc1cc2c(cc1OC)CN(C(=O)c1c(C)cnn1-c1ccccc1)CC2. The summed E-state index contributed by atoms with van der Waals surface area (Å²) < 4.78 is 12.5. The van der Waals surface area contributed by atoms with Crippen LogP contribution in [0.15, 0.2) is 48.7 Å². The summed E-state index contributed by atoms with van der Waals surface area (Å²) in [6.07, 6.45) is 2.52. The summed E-state index contributed by atoms with van der Waals surface area (Å²) in [5.74, 6) is 1.39. The third-order valence-corrected chi connectivity index (χ3v) is 5.16. The second kappa shape index (κ2) is 7.38. The maximum Gasteiger partial charge on any atom is 0.273 e. The molecule has 1 amide bonds. The van der Waals surface area contributed by atoms with Crippen molar-refractivity contribution in [3.63, 3.8) is 0 Å². The maximum atomic E-state index is 13.4. The molecule has 2 aromatic carbocycles. The summed E-state index contributed by atoms with van der Waals surface area (Å²) in [6.45, 7) is 3.11. The van der Waals surface area contributed by atoms with Crippen molar-refractivity contribution in [3.05, 3.63) is 71.0 Å². The molecule has 0 N–H and O–H groups in total. The summed E-state index contributed by atoms with van der Waals surface area (Å²) in [6, 6.07) is 13.7. The second-order valence-electron chi connectivity index (χ2n) is 6.88. The Kier molecular flexibility index (Phi) is 4.77. The largest absolute Gasteiger partial charge is 0.493 e. The third kappa shape index (κ3) is 3.11. The minimum atomic E-state index is -0.0145. The fourth-order valence-corrected chi connectivity index (χ4v) is 3.66. The number of aryl methyl sites for hydroxylation is 1. The third-order valence-electron chi connectivity index (χ3n) is 5.16. The fraction of sp³-hybridized carbons (Fsp3) is 0.273. The van der Waals surface area contributed by atoms with Crippen LogP contribution in [0.3, 0.4) is 0 Å². The van der Waals surface area contributed by atoms with E-state index in [1.54, 1.807) is 25.1 Å². The zero-order valence-corrected chi connectivity index (χ0v) is 16.3. The van der Waals surface area contributed by atoms with Crippen molar-refractivity contribution in [2.75, 3.05) is 20.8 Å². The van der Waals surface area contributed by atoms with E-state index in [0.29, 0.717) is 24.5 Å². The molecule has 0 spiro atoms. The monoisotopic (exact) mass is 377 g/mol. The summed E-state index contributed by atoms with van der Waals surface area (Å²) in [4.78, 5) is 15.2. The van der Waals surface area contributed by atoms with Gasteiger partial charge in [-0.3, -0.25) is 4.79 Å². The second-order valence-corrected chi connectivity index (χ2v) is 6.88. The molecule has 28 heavy (non-hydrogen) atoms. The lowest BCUT2D eigenvalue weighted by Gasteiger charge is -2.30. The van der Waals surface area contributed by atoms with E-state index in [4.69, 9.17) is 9.47 Å². The molecule has 0 saturated heterocycles. The van der Waals surface area contributed by atoms with Gasteiger partial charge in [0.05, 0.1) is 26.1 Å². The Morgan fingerprint density at radius 1 is 1.04 bits per heavy atom. The first-order valence-corrected chi connectivity index (χ1v) is 9.25. The number of amides is 1. The summed E-state index contributed by atoms with van der Waals surface area (Å²) in [7, 11) is 3.26. The van der Waals surface area contributed by atoms with Crippen LogP contribution in [0.2, 0.25) is 0 Å². The highest BCUT2D eigenvalue weighted by Crippen LogP contribution is 2.33. The van der Waals surface area contributed by atoms with E-state index in [1.807, 2.05) is 54.3 Å². The predicted molar refractivity (Wildman–Crippen MR) is 106 cm³/mol. The quantitative estimate of drug-likeness (QED) is 0.699. The van der Waals surface area contributed by atoms with Gasteiger partial charge < -0.3 is 14.4 Å². The molecule has 3 aromatic rings. The van der Waals surface area contributed by atoms with Crippen LogP contribution in [0.1, 0.15) is 27.2 Å². The molecule has 6 nitrogen and oxygen atoms in total.